The Labute approximate surface area is 115 Å². The Morgan fingerprint density at radius 1 is 1.21 bits per heavy atom. The van der Waals surface area contributed by atoms with Crippen molar-refractivity contribution in [2.24, 2.45) is 0 Å². The van der Waals surface area contributed by atoms with Crippen molar-refractivity contribution in [3.05, 3.63) is 52.8 Å². The van der Waals surface area contributed by atoms with Gasteiger partial charge in [0, 0.05) is 12.7 Å². The first kappa shape index (κ1) is 13.8. The zero-order valence-corrected chi connectivity index (χ0v) is 12.3. The molecule has 0 saturated carbocycles. The van der Waals surface area contributed by atoms with Crippen molar-refractivity contribution in [1.82, 2.24) is 15.1 Å². The molecule has 3 heteroatoms. The van der Waals surface area contributed by atoms with Crippen LogP contribution in [0, 0.1) is 13.8 Å². The molecule has 0 aliphatic rings. The second-order valence-corrected chi connectivity index (χ2v) is 5.12. The van der Waals surface area contributed by atoms with Gasteiger partial charge in [-0.1, -0.05) is 36.2 Å². The number of aromatic nitrogens is 2. The molecule has 2 aromatic rings. The molecule has 1 atom stereocenters. The minimum atomic E-state index is 0.202. The molecular formula is C16H23N3. The summed E-state index contributed by atoms with van der Waals surface area (Å²) in [6, 6.07) is 9.01. The van der Waals surface area contributed by atoms with Crippen LogP contribution in [0.15, 0.2) is 30.5 Å². The van der Waals surface area contributed by atoms with Crippen LogP contribution in [0.5, 0.6) is 0 Å². The van der Waals surface area contributed by atoms with Crippen LogP contribution in [0.3, 0.4) is 0 Å². The van der Waals surface area contributed by atoms with Crippen LogP contribution in [0.25, 0.3) is 0 Å². The summed E-state index contributed by atoms with van der Waals surface area (Å²) in [5.41, 5.74) is 5.14. The van der Waals surface area contributed by atoms with Crippen molar-refractivity contribution < 1.29 is 0 Å². The molecule has 0 radical (unpaired) electrons. The number of nitrogens with one attached hydrogen (secondary N) is 1. The molecule has 3 nitrogen and oxygen atoms in total. The van der Waals surface area contributed by atoms with Gasteiger partial charge in [0.05, 0.1) is 11.7 Å². The summed E-state index contributed by atoms with van der Waals surface area (Å²) in [6.07, 6.45) is 2.98. The number of nitrogens with zero attached hydrogens (tertiary/aromatic N) is 2. The summed E-state index contributed by atoms with van der Waals surface area (Å²) in [5, 5.41) is 7.83. The monoisotopic (exact) mass is 257 g/mol. The highest BCUT2D eigenvalue weighted by Gasteiger charge is 2.16. The fourth-order valence-corrected chi connectivity index (χ4v) is 2.65. The largest absolute Gasteiger partial charge is 0.308 e. The van der Waals surface area contributed by atoms with E-state index in [-0.39, 0.29) is 6.04 Å². The quantitative estimate of drug-likeness (QED) is 0.891. The molecule has 1 unspecified atom stereocenters. The molecule has 0 bridgehead atoms. The highest BCUT2D eigenvalue weighted by molar-refractivity contribution is 5.34. The van der Waals surface area contributed by atoms with Crippen LogP contribution in [-0.2, 0) is 6.54 Å². The van der Waals surface area contributed by atoms with E-state index in [9.17, 15) is 0 Å². The first-order valence-electron chi connectivity index (χ1n) is 6.93. The summed E-state index contributed by atoms with van der Waals surface area (Å²) in [4.78, 5) is 0. The lowest BCUT2D eigenvalue weighted by Gasteiger charge is -2.19. The van der Waals surface area contributed by atoms with Crippen LogP contribution >= 0.6 is 0 Å². The third kappa shape index (κ3) is 3.04. The zero-order chi connectivity index (χ0) is 13.8. The van der Waals surface area contributed by atoms with E-state index in [0.29, 0.717) is 0 Å². The first-order chi connectivity index (χ1) is 9.15. The lowest BCUT2D eigenvalue weighted by Crippen LogP contribution is -2.22. The molecule has 0 amide bonds. The van der Waals surface area contributed by atoms with E-state index in [1.165, 1.54) is 22.4 Å². The van der Waals surface area contributed by atoms with Crippen LogP contribution in [-0.4, -0.2) is 16.8 Å². The minimum Gasteiger partial charge on any atom is -0.308 e. The molecule has 102 valence electrons. The van der Waals surface area contributed by atoms with E-state index in [1.54, 1.807) is 0 Å². The SMILES string of the molecule is CCCn1nccc1C(NC)c1cc(C)cc(C)c1. The topological polar surface area (TPSA) is 29.9 Å². The Kier molecular flexibility index (Phi) is 4.38. The second kappa shape index (κ2) is 6.02. The smallest absolute Gasteiger partial charge is 0.0746 e. The van der Waals surface area contributed by atoms with Crippen LogP contribution in [0.4, 0.5) is 0 Å². The molecule has 1 aromatic heterocycles. The summed E-state index contributed by atoms with van der Waals surface area (Å²) < 4.78 is 2.10. The van der Waals surface area contributed by atoms with E-state index in [0.717, 1.165) is 13.0 Å². The van der Waals surface area contributed by atoms with Gasteiger partial charge in [-0.3, -0.25) is 4.68 Å². The van der Waals surface area contributed by atoms with Gasteiger partial charge in [0.1, 0.15) is 0 Å². The van der Waals surface area contributed by atoms with Gasteiger partial charge in [-0.15, -0.1) is 0 Å². The van der Waals surface area contributed by atoms with E-state index < -0.39 is 0 Å². The number of aryl methyl sites for hydroxylation is 3. The van der Waals surface area contributed by atoms with Crippen LogP contribution in [0.1, 0.15) is 41.8 Å². The molecule has 0 spiro atoms. The Hall–Kier alpha value is -1.61. The second-order valence-electron chi connectivity index (χ2n) is 5.12. The lowest BCUT2D eigenvalue weighted by atomic mass is 9.99. The van der Waals surface area contributed by atoms with Gasteiger partial charge in [-0.05, 0) is 38.9 Å². The van der Waals surface area contributed by atoms with Crippen molar-refractivity contribution >= 4 is 0 Å². The normalized spacial score (nSPS) is 12.6. The fraction of sp³-hybridized carbons (Fsp3) is 0.438. The summed E-state index contributed by atoms with van der Waals surface area (Å²) in [5.74, 6) is 0. The molecule has 1 heterocycles. The van der Waals surface area contributed by atoms with E-state index in [1.807, 2.05) is 13.2 Å². The molecule has 0 saturated heterocycles. The molecular weight excluding hydrogens is 234 g/mol. The highest BCUT2D eigenvalue weighted by Crippen LogP contribution is 2.23. The Morgan fingerprint density at radius 3 is 2.47 bits per heavy atom. The predicted molar refractivity (Wildman–Crippen MR) is 79.3 cm³/mol. The van der Waals surface area contributed by atoms with Gasteiger partial charge in [-0.2, -0.15) is 5.10 Å². The maximum Gasteiger partial charge on any atom is 0.0746 e. The number of rotatable bonds is 5. The van der Waals surface area contributed by atoms with Crippen molar-refractivity contribution in [2.45, 2.75) is 39.8 Å². The maximum atomic E-state index is 4.42. The third-order valence-corrected chi connectivity index (χ3v) is 3.35. The predicted octanol–water partition coefficient (Wildman–Crippen LogP) is 3.22. The number of hydrogen-bond donors (Lipinski definition) is 1. The average Bonchev–Trinajstić information content (AvgIpc) is 2.78. The Balaban J connectivity index is 2.40. The third-order valence-electron chi connectivity index (χ3n) is 3.35. The van der Waals surface area contributed by atoms with Crippen LogP contribution < -0.4 is 5.32 Å². The van der Waals surface area contributed by atoms with Gasteiger partial charge >= 0.3 is 0 Å². The summed E-state index contributed by atoms with van der Waals surface area (Å²) in [6.45, 7) is 7.43. The molecule has 0 aliphatic carbocycles. The summed E-state index contributed by atoms with van der Waals surface area (Å²) >= 11 is 0. The first-order valence-corrected chi connectivity index (χ1v) is 6.93. The zero-order valence-electron chi connectivity index (χ0n) is 12.3. The van der Waals surface area contributed by atoms with E-state index >= 15 is 0 Å². The van der Waals surface area contributed by atoms with Gasteiger partial charge in [0.15, 0.2) is 0 Å². The lowest BCUT2D eigenvalue weighted by molar-refractivity contribution is 0.534. The average molecular weight is 257 g/mol. The fourth-order valence-electron chi connectivity index (χ4n) is 2.65. The molecule has 19 heavy (non-hydrogen) atoms. The summed E-state index contributed by atoms with van der Waals surface area (Å²) in [7, 11) is 2.01. The van der Waals surface area contributed by atoms with Gasteiger partial charge in [-0.25, -0.2) is 0 Å². The molecule has 1 N–H and O–H groups in total. The van der Waals surface area contributed by atoms with Gasteiger partial charge in [0.2, 0.25) is 0 Å². The van der Waals surface area contributed by atoms with Crippen molar-refractivity contribution in [1.29, 1.82) is 0 Å². The van der Waals surface area contributed by atoms with Crippen molar-refractivity contribution in [3.8, 4) is 0 Å². The number of hydrogen-bond acceptors (Lipinski definition) is 2. The van der Waals surface area contributed by atoms with Crippen LogP contribution in [0.2, 0.25) is 0 Å². The highest BCUT2D eigenvalue weighted by atomic mass is 15.3. The molecule has 2 rings (SSSR count). The number of benzene rings is 1. The Bertz CT molecular complexity index is 522. The Morgan fingerprint density at radius 2 is 1.89 bits per heavy atom. The maximum absolute atomic E-state index is 4.42. The van der Waals surface area contributed by atoms with E-state index in [2.05, 4.69) is 60.1 Å². The van der Waals surface area contributed by atoms with Crippen molar-refractivity contribution in [2.75, 3.05) is 7.05 Å². The minimum absolute atomic E-state index is 0.202. The molecule has 0 fully saturated rings. The van der Waals surface area contributed by atoms with Gasteiger partial charge in [0.25, 0.3) is 0 Å². The van der Waals surface area contributed by atoms with Crippen molar-refractivity contribution in [3.63, 3.8) is 0 Å². The van der Waals surface area contributed by atoms with Gasteiger partial charge < -0.3 is 5.32 Å². The standard InChI is InChI=1S/C16H23N3/c1-5-8-19-15(6-7-18-19)16(17-4)14-10-12(2)9-13(3)11-14/h6-7,9-11,16-17H,5,8H2,1-4H3. The molecule has 0 aliphatic heterocycles. The van der Waals surface area contributed by atoms with E-state index in [4.69, 9.17) is 0 Å². The molecule has 1 aromatic carbocycles.